The number of nitrogens with one attached hydrogen (secondary N) is 1. The van der Waals surface area contributed by atoms with Gasteiger partial charge in [-0.25, -0.2) is 13.4 Å². The highest BCUT2D eigenvalue weighted by Gasteiger charge is 2.63. The van der Waals surface area contributed by atoms with Gasteiger partial charge in [-0.1, -0.05) is 11.6 Å². The van der Waals surface area contributed by atoms with Crippen molar-refractivity contribution in [3.63, 3.8) is 0 Å². The van der Waals surface area contributed by atoms with E-state index in [-0.39, 0.29) is 27.3 Å². The lowest BCUT2D eigenvalue weighted by atomic mass is 9.41. The molecule has 1 atom stereocenters. The second kappa shape index (κ2) is 7.50. The Bertz CT molecular complexity index is 1210. The highest BCUT2D eigenvalue weighted by Crippen LogP contribution is 2.67. The van der Waals surface area contributed by atoms with Gasteiger partial charge in [-0.05, 0) is 54.4 Å². The lowest BCUT2D eigenvalue weighted by Crippen LogP contribution is -2.66. The minimum Gasteiger partial charge on any atom is -0.360 e. The summed E-state index contributed by atoms with van der Waals surface area (Å²) in [6, 6.07) is 2.09. The van der Waals surface area contributed by atoms with Gasteiger partial charge in [-0.2, -0.15) is 30.6 Å². The fraction of sp³-hybridized carbons (Fsp3) is 0.550. The van der Waals surface area contributed by atoms with Crippen LogP contribution in [-0.2, 0) is 29.3 Å². The summed E-state index contributed by atoms with van der Waals surface area (Å²) in [6.07, 6.45) is -1.25. The molecule has 0 radical (unpaired) electrons. The predicted octanol–water partition coefficient (Wildman–Crippen LogP) is 4.92. The van der Waals surface area contributed by atoms with Crippen molar-refractivity contribution < 1.29 is 34.8 Å². The molecule has 2 heterocycles. The van der Waals surface area contributed by atoms with Gasteiger partial charge in [0.1, 0.15) is 0 Å². The van der Waals surface area contributed by atoms with Gasteiger partial charge in [0.25, 0.3) is 0 Å². The van der Waals surface area contributed by atoms with Crippen molar-refractivity contribution in [3.05, 3.63) is 46.5 Å². The van der Waals surface area contributed by atoms with Crippen molar-refractivity contribution in [3.8, 4) is 0 Å². The van der Waals surface area contributed by atoms with Gasteiger partial charge in [0.05, 0.1) is 24.1 Å². The van der Waals surface area contributed by atoms with Crippen LogP contribution >= 0.6 is 11.6 Å². The molecule has 0 unspecified atom stereocenters. The number of imidazole rings is 1. The average Bonchev–Trinajstić information content (AvgIpc) is 2.97. The molecule has 1 N–H and O–H groups in total. The Hall–Kier alpha value is -1.99. The monoisotopic (exact) mass is 528 g/mol. The minimum absolute atomic E-state index is 0.0220. The van der Waals surface area contributed by atoms with Crippen LogP contribution in [-0.4, -0.2) is 40.8 Å². The first-order chi connectivity index (χ1) is 15.7. The zero-order chi connectivity index (χ0) is 24.7. The Morgan fingerprint density at radius 2 is 1.82 bits per heavy atom. The van der Waals surface area contributed by atoms with Crippen LogP contribution in [0.15, 0.2) is 24.5 Å². The number of rotatable bonds is 4. The zero-order valence-electron chi connectivity index (χ0n) is 17.4. The Labute approximate surface area is 195 Å². The summed E-state index contributed by atoms with van der Waals surface area (Å²) in [6.45, 7) is -1.31. The minimum atomic E-state index is -5.79. The first kappa shape index (κ1) is 23.7. The van der Waals surface area contributed by atoms with Crippen LogP contribution < -0.4 is 4.90 Å². The second-order valence-corrected chi connectivity index (χ2v) is 11.5. The van der Waals surface area contributed by atoms with Gasteiger partial charge in [0, 0.05) is 24.8 Å². The topological polar surface area (TPSA) is 69.3 Å². The smallest absolute Gasteiger partial charge is 0.360 e. The van der Waals surface area contributed by atoms with Crippen molar-refractivity contribution in [1.82, 2.24) is 14.3 Å². The molecule has 14 heteroatoms. The summed E-state index contributed by atoms with van der Waals surface area (Å²) >= 11 is 6.12. The van der Waals surface area contributed by atoms with E-state index in [0.717, 1.165) is 31.4 Å². The molecule has 6 nitrogen and oxygen atoms in total. The first-order valence-corrected chi connectivity index (χ1v) is 12.2. The molecule has 1 aliphatic heterocycles. The number of nitrogens with zero attached hydrogens (tertiary/aromatic N) is 3. The van der Waals surface area contributed by atoms with Crippen LogP contribution in [0.2, 0.25) is 5.15 Å². The highest BCUT2D eigenvalue weighted by molar-refractivity contribution is 7.89. The van der Waals surface area contributed by atoms with Crippen LogP contribution in [0.5, 0.6) is 0 Å². The summed E-state index contributed by atoms with van der Waals surface area (Å²) in [5.74, 6) is 0.431. The lowest BCUT2D eigenvalue weighted by molar-refractivity contribution is -0.137. The van der Waals surface area contributed by atoms with Crippen LogP contribution in [0.1, 0.15) is 36.1 Å². The van der Waals surface area contributed by atoms with Gasteiger partial charge in [-0.3, -0.25) is 0 Å². The normalized spacial score (nSPS) is 27.6. The summed E-state index contributed by atoms with van der Waals surface area (Å²) in [5.41, 5.74) is -6.56. The number of sulfonamides is 1. The SMILES string of the molecule is O=S(=O)(N1Cc2cc(C(F)(F)F)ccc2N(Cc2[nH]cnc2Cl)[C@@H](C23CC(C2)C3)C1)C(F)(F)F. The lowest BCUT2D eigenvalue weighted by Gasteiger charge is -2.67. The number of H-pyrrole nitrogens is 1. The predicted molar refractivity (Wildman–Crippen MR) is 110 cm³/mol. The van der Waals surface area contributed by atoms with Gasteiger partial charge in [0.15, 0.2) is 5.15 Å². The molecule has 3 saturated carbocycles. The number of anilines is 1. The fourth-order valence-corrected chi connectivity index (χ4v) is 6.57. The Morgan fingerprint density at radius 3 is 2.32 bits per heavy atom. The number of fused-ring (bicyclic) bond motifs is 1. The molecule has 3 aliphatic carbocycles. The molecule has 0 saturated heterocycles. The Kier molecular flexibility index (Phi) is 5.24. The van der Waals surface area contributed by atoms with Crippen molar-refractivity contribution in [2.24, 2.45) is 11.3 Å². The van der Waals surface area contributed by atoms with E-state index in [9.17, 15) is 34.8 Å². The van der Waals surface area contributed by atoms with Crippen molar-refractivity contribution in [2.75, 3.05) is 11.4 Å². The van der Waals surface area contributed by atoms with E-state index < -0.39 is 51.8 Å². The molecule has 3 fully saturated rings. The molecule has 6 rings (SSSR count). The Morgan fingerprint density at radius 1 is 1.15 bits per heavy atom. The average molecular weight is 529 g/mol. The van der Waals surface area contributed by atoms with E-state index in [4.69, 9.17) is 11.6 Å². The quantitative estimate of drug-likeness (QED) is 0.572. The highest BCUT2D eigenvalue weighted by atomic mass is 35.5. The molecule has 34 heavy (non-hydrogen) atoms. The van der Waals surface area contributed by atoms with Crippen LogP contribution in [0.25, 0.3) is 0 Å². The number of benzene rings is 1. The summed E-state index contributed by atoms with van der Waals surface area (Å²) in [4.78, 5) is 8.45. The zero-order valence-corrected chi connectivity index (χ0v) is 19.0. The summed E-state index contributed by atoms with van der Waals surface area (Å²) in [5, 5.41) is 0.119. The van der Waals surface area contributed by atoms with Crippen molar-refractivity contribution >= 4 is 27.3 Å². The molecule has 0 amide bonds. The van der Waals surface area contributed by atoms with E-state index in [1.807, 2.05) is 0 Å². The number of halogens is 7. The van der Waals surface area contributed by atoms with Gasteiger partial charge < -0.3 is 9.88 Å². The third kappa shape index (κ3) is 3.67. The number of aromatic nitrogens is 2. The van der Waals surface area contributed by atoms with Crippen molar-refractivity contribution in [2.45, 2.75) is 50.1 Å². The molecule has 186 valence electrons. The van der Waals surface area contributed by atoms with Crippen LogP contribution in [0, 0.1) is 11.3 Å². The molecular formula is C20H19ClF6N4O2S. The molecule has 2 aromatic rings. The maximum absolute atomic E-state index is 13.5. The standard InChI is InChI=1S/C20H19ClF6N4O2S/c21-17-14(28-10-29-17)8-31-15-2-1-13(19(22,23)24)3-12(15)7-30(34(32,33)20(25,26)27)9-16(31)18-4-11(5-18)6-18/h1-3,10-11,16H,4-9H2,(H,28,29)/t11?,16-,18?/m1/s1. The number of alkyl halides is 6. The van der Waals surface area contributed by atoms with Crippen molar-refractivity contribution in [1.29, 1.82) is 0 Å². The van der Waals surface area contributed by atoms with Gasteiger partial charge >= 0.3 is 21.7 Å². The number of hydrogen-bond acceptors (Lipinski definition) is 4. The molecule has 1 aromatic heterocycles. The molecule has 0 spiro atoms. The summed E-state index contributed by atoms with van der Waals surface area (Å²) in [7, 11) is -5.79. The first-order valence-electron chi connectivity index (χ1n) is 10.4. The number of hydrogen-bond donors (Lipinski definition) is 1. The fourth-order valence-electron chi connectivity index (χ4n) is 5.47. The van der Waals surface area contributed by atoms with E-state index in [1.54, 1.807) is 4.90 Å². The molecule has 1 aromatic carbocycles. The Balaban J connectivity index is 1.66. The van der Waals surface area contributed by atoms with E-state index in [1.165, 1.54) is 12.4 Å². The second-order valence-electron chi connectivity index (χ2n) is 9.24. The number of aromatic amines is 1. The van der Waals surface area contributed by atoms with Gasteiger partial charge in [0.2, 0.25) is 0 Å². The van der Waals surface area contributed by atoms with Crippen LogP contribution in [0.3, 0.4) is 0 Å². The molecular weight excluding hydrogens is 510 g/mol. The van der Waals surface area contributed by atoms with E-state index in [2.05, 4.69) is 9.97 Å². The maximum atomic E-state index is 13.5. The third-order valence-electron chi connectivity index (χ3n) is 7.23. The third-order valence-corrected chi connectivity index (χ3v) is 9.10. The van der Waals surface area contributed by atoms with Gasteiger partial charge in [-0.15, -0.1) is 0 Å². The largest absolute Gasteiger partial charge is 0.511 e. The van der Waals surface area contributed by atoms with E-state index in [0.29, 0.717) is 11.6 Å². The summed E-state index contributed by atoms with van der Waals surface area (Å²) < 4.78 is 106. The van der Waals surface area contributed by atoms with Crippen LogP contribution in [0.4, 0.5) is 32.0 Å². The molecule has 2 bridgehead atoms. The van der Waals surface area contributed by atoms with E-state index >= 15 is 0 Å². The molecule has 4 aliphatic rings. The maximum Gasteiger partial charge on any atom is 0.511 e.